The van der Waals surface area contributed by atoms with Gasteiger partial charge in [0.25, 0.3) is 0 Å². The van der Waals surface area contributed by atoms with Gasteiger partial charge in [-0.25, -0.2) is 12.8 Å². The monoisotopic (exact) mass is 291 g/mol. The molecule has 0 saturated carbocycles. The van der Waals surface area contributed by atoms with Crippen LogP contribution in [0, 0.1) is 12.7 Å². The predicted molar refractivity (Wildman–Crippen MR) is 68.8 cm³/mol. The van der Waals surface area contributed by atoms with Crippen LogP contribution in [-0.4, -0.2) is 51.2 Å². The first kappa shape index (κ1) is 16.0. The number of rotatable bonds is 6. The summed E-state index contributed by atoms with van der Waals surface area (Å²) in [5.74, 6) is -0.577. The van der Waals surface area contributed by atoms with Crippen LogP contribution in [0.5, 0.6) is 0 Å². The minimum absolute atomic E-state index is 0.0299. The fraction of sp³-hybridized carbons (Fsp3) is 0.500. The van der Waals surface area contributed by atoms with Crippen LogP contribution in [0.1, 0.15) is 5.56 Å². The molecule has 1 rings (SSSR count). The Kier molecular flexibility index (Phi) is 5.42. The Bertz CT molecular complexity index is 533. The molecule has 0 amide bonds. The summed E-state index contributed by atoms with van der Waals surface area (Å²) in [6.07, 6.45) is -0.930. The molecule has 0 fully saturated rings. The van der Waals surface area contributed by atoms with Crippen LogP contribution in [-0.2, 0) is 14.8 Å². The zero-order chi connectivity index (χ0) is 14.6. The summed E-state index contributed by atoms with van der Waals surface area (Å²) in [4.78, 5) is -0.136. The molecule has 19 heavy (non-hydrogen) atoms. The molecular formula is C12H18FNO4S. The number of aryl methyl sites for hydroxylation is 1. The Balaban J connectivity index is 2.93. The number of methoxy groups -OCH3 is 1. The second kappa shape index (κ2) is 6.42. The Labute approximate surface area is 112 Å². The molecular weight excluding hydrogens is 273 g/mol. The van der Waals surface area contributed by atoms with Crippen molar-refractivity contribution >= 4 is 10.0 Å². The molecule has 1 aromatic carbocycles. The van der Waals surface area contributed by atoms with E-state index in [0.717, 1.165) is 10.4 Å². The molecule has 0 aromatic heterocycles. The van der Waals surface area contributed by atoms with E-state index in [1.54, 1.807) is 6.92 Å². The van der Waals surface area contributed by atoms with Gasteiger partial charge in [-0.05, 0) is 24.6 Å². The third-order valence-electron chi connectivity index (χ3n) is 2.68. The summed E-state index contributed by atoms with van der Waals surface area (Å²) in [6, 6.07) is 3.72. The lowest BCUT2D eigenvalue weighted by atomic mass is 10.2. The predicted octanol–water partition coefficient (Wildman–Crippen LogP) is 0.762. The van der Waals surface area contributed by atoms with Crippen molar-refractivity contribution in [3.8, 4) is 0 Å². The van der Waals surface area contributed by atoms with Gasteiger partial charge in [0, 0.05) is 20.7 Å². The van der Waals surface area contributed by atoms with Gasteiger partial charge in [0.05, 0.1) is 17.6 Å². The first-order chi connectivity index (χ1) is 8.78. The van der Waals surface area contributed by atoms with E-state index in [1.165, 1.54) is 26.3 Å². The summed E-state index contributed by atoms with van der Waals surface area (Å²) >= 11 is 0. The number of likely N-dealkylation sites (N-methyl/N-ethyl adjacent to an activating group) is 1. The molecule has 1 atom stereocenters. The van der Waals surface area contributed by atoms with Gasteiger partial charge in [-0.1, -0.05) is 6.07 Å². The summed E-state index contributed by atoms with van der Waals surface area (Å²) in [6.45, 7) is 1.46. The Morgan fingerprint density at radius 1 is 1.47 bits per heavy atom. The van der Waals surface area contributed by atoms with Gasteiger partial charge in [0.15, 0.2) is 0 Å². The average molecular weight is 291 g/mol. The van der Waals surface area contributed by atoms with Crippen molar-refractivity contribution < 1.29 is 22.7 Å². The molecule has 0 heterocycles. The van der Waals surface area contributed by atoms with E-state index >= 15 is 0 Å². The van der Waals surface area contributed by atoms with E-state index in [4.69, 9.17) is 4.74 Å². The molecule has 0 radical (unpaired) electrons. The lowest BCUT2D eigenvalue weighted by Gasteiger charge is -2.20. The largest absolute Gasteiger partial charge is 0.389 e. The molecule has 0 spiro atoms. The van der Waals surface area contributed by atoms with Crippen molar-refractivity contribution in [2.24, 2.45) is 0 Å². The number of sulfonamides is 1. The van der Waals surface area contributed by atoms with E-state index in [2.05, 4.69) is 0 Å². The maximum Gasteiger partial charge on any atom is 0.243 e. The number of halogens is 1. The molecule has 0 aliphatic rings. The molecule has 1 N–H and O–H groups in total. The molecule has 108 valence electrons. The summed E-state index contributed by atoms with van der Waals surface area (Å²) in [7, 11) is -1.08. The molecule has 5 nitrogen and oxygen atoms in total. The van der Waals surface area contributed by atoms with Crippen LogP contribution >= 0.6 is 0 Å². The van der Waals surface area contributed by atoms with Gasteiger partial charge < -0.3 is 9.84 Å². The van der Waals surface area contributed by atoms with Crippen molar-refractivity contribution in [1.29, 1.82) is 0 Å². The van der Waals surface area contributed by atoms with Gasteiger partial charge in [-0.3, -0.25) is 0 Å². The van der Waals surface area contributed by atoms with Crippen molar-refractivity contribution in [1.82, 2.24) is 4.31 Å². The number of hydrogen-bond acceptors (Lipinski definition) is 4. The molecule has 7 heteroatoms. The van der Waals surface area contributed by atoms with Gasteiger partial charge in [-0.15, -0.1) is 0 Å². The van der Waals surface area contributed by atoms with Crippen molar-refractivity contribution in [3.05, 3.63) is 29.6 Å². The Morgan fingerprint density at radius 3 is 2.63 bits per heavy atom. The number of aliphatic hydroxyl groups excluding tert-OH is 1. The molecule has 0 saturated heterocycles. The van der Waals surface area contributed by atoms with Crippen LogP contribution in [0.4, 0.5) is 4.39 Å². The van der Waals surface area contributed by atoms with Crippen LogP contribution in [0.2, 0.25) is 0 Å². The van der Waals surface area contributed by atoms with Gasteiger partial charge >= 0.3 is 0 Å². The van der Waals surface area contributed by atoms with E-state index in [9.17, 15) is 17.9 Å². The Morgan fingerprint density at radius 2 is 2.11 bits per heavy atom. The lowest BCUT2D eigenvalue weighted by molar-refractivity contribution is 0.0554. The highest BCUT2D eigenvalue weighted by atomic mass is 32.2. The molecule has 1 unspecified atom stereocenters. The number of nitrogens with zero attached hydrogens (tertiary/aromatic N) is 1. The number of aliphatic hydroxyl groups is 1. The second-order valence-corrected chi connectivity index (χ2v) is 6.35. The normalized spacial score (nSPS) is 13.8. The average Bonchev–Trinajstić information content (AvgIpc) is 2.32. The molecule has 0 bridgehead atoms. The zero-order valence-electron chi connectivity index (χ0n) is 11.1. The third kappa shape index (κ3) is 3.97. The number of ether oxygens (including phenoxy) is 1. The van der Waals surface area contributed by atoms with Crippen LogP contribution in [0.3, 0.4) is 0 Å². The first-order valence-electron chi connectivity index (χ1n) is 5.68. The standard InChI is InChI=1S/C12H18FNO4S/c1-9-4-5-11(6-12(9)13)19(16,17)14(2)7-10(15)8-18-3/h4-6,10,15H,7-8H2,1-3H3. The minimum atomic E-state index is -3.81. The first-order valence-corrected chi connectivity index (χ1v) is 7.12. The van der Waals surface area contributed by atoms with Crippen LogP contribution in [0.25, 0.3) is 0 Å². The highest BCUT2D eigenvalue weighted by molar-refractivity contribution is 7.89. The van der Waals surface area contributed by atoms with Crippen molar-refractivity contribution in [2.45, 2.75) is 17.9 Å². The maximum atomic E-state index is 13.4. The fourth-order valence-corrected chi connectivity index (χ4v) is 2.77. The quantitative estimate of drug-likeness (QED) is 0.840. The SMILES string of the molecule is COCC(O)CN(C)S(=O)(=O)c1ccc(C)c(F)c1. The van der Waals surface area contributed by atoms with Crippen molar-refractivity contribution in [3.63, 3.8) is 0 Å². The second-order valence-electron chi connectivity index (χ2n) is 4.31. The highest BCUT2D eigenvalue weighted by Crippen LogP contribution is 2.17. The van der Waals surface area contributed by atoms with Gasteiger partial charge in [0.1, 0.15) is 5.82 Å². The van der Waals surface area contributed by atoms with E-state index in [0.29, 0.717) is 5.56 Å². The minimum Gasteiger partial charge on any atom is -0.389 e. The lowest BCUT2D eigenvalue weighted by Crippen LogP contribution is -2.36. The third-order valence-corrected chi connectivity index (χ3v) is 4.50. The van der Waals surface area contributed by atoms with Gasteiger partial charge in [0.2, 0.25) is 10.0 Å². The van der Waals surface area contributed by atoms with Crippen LogP contribution in [0.15, 0.2) is 23.1 Å². The summed E-state index contributed by atoms with van der Waals surface area (Å²) < 4.78 is 43.4. The van der Waals surface area contributed by atoms with Crippen LogP contribution < -0.4 is 0 Å². The molecule has 0 aliphatic carbocycles. The molecule has 1 aromatic rings. The zero-order valence-corrected chi connectivity index (χ0v) is 11.9. The number of hydrogen-bond donors (Lipinski definition) is 1. The topological polar surface area (TPSA) is 66.8 Å². The van der Waals surface area contributed by atoms with E-state index in [-0.39, 0.29) is 18.0 Å². The summed E-state index contributed by atoms with van der Waals surface area (Å²) in [5, 5.41) is 9.52. The maximum absolute atomic E-state index is 13.4. The smallest absolute Gasteiger partial charge is 0.243 e. The van der Waals surface area contributed by atoms with Crippen molar-refractivity contribution in [2.75, 3.05) is 27.3 Å². The fourth-order valence-electron chi connectivity index (χ4n) is 1.55. The Hall–Kier alpha value is -1.02. The summed E-state index contributed by atoms with van der Waals surface area (Å²) in [5.41, 5.74) is 0.376. The number of benzene rings is 1. The highest BCUT2D eigenvalue weighted by Gasteiger charge is 2.23. The van der Waals surface area contributed by atoms with Gasteiger partial charge in [-0.2, -0.15) is 4.31 Å². The van der Waals surface area contributed by atoms with E-state index in [1.807, 2.05) is 0 Å². The van der Waals surface area contributed by atoms with E-state index < -0.39 is 21.9 Å². The molecule has 0 aliphatic heterocycles.